The molecule has 23 heavy (non-hydrogen) atoms. The monoisotopic (exact) mass is 313 g/mol. The van der Waals surface area contributed by atoms with Crippen molar-refractivity contribution in [3.05, 3.63) is 41.7 Å². The van der Waals surface area contributed by atoms with E-state index in [0.29, 0.717) is 30.2 Å². The molecule has 7 nitrogen and oxygen atoms in total. The third-order valence-electron chi connectivity index (χ3n) is 4.04. The molecule has 3 rings (SSSR count). The summed E-state index contributed by atoms with van der Waals surface area (Å²) in [5.74, 6) is -0.0247. The van der Waals surface area contributed by atoms with Gasteiger partial charge in [0, 0.05) is 25.0 Å². The van der Waals surface area contributed by atoms with Crippen LogP contribution in [0, 0.1) is 13.8 Å². The second-order valence-electron chi connectivity index (χ2n) is 5.61. The molecule has 2 aromatic heterocycles. The van der Waals surface area contributed by atoms with Crippen LogP contribution in [-0.4, -0.2) is 44.5 Å². The highest BCUT2D eigenvalue weighted by atomic mass is 16.2. The number of likely N-dealkylation sites (tertiary alicyclic amines) is 1. The van der Waals surface area contributed by atoms with Gasteiger partial charge in [0.1, 0.15) is 0 Å². The number of aromatic nitrogens is 3. The van der Waals surface area contributed by atoms with E-state index in [9.17, 15) is 9.59 Å². The molecular weight excluding hydrogens is 294 g/mol. The molecule has 2 aromatic rings. The lowest BCUT2D eigenvalue weighted by Crippen LogP contribution is -2.33. The summed E-state index contributed by atoms with van der Waals surface area (Å²) in [6.07, 6.45) is 5.17. The van der Waals surface area contributed by atoms with Crippen LogP contribution >= 0.6 is 0 Å². The van der Waals surface area contributed by atoms with Gasteiger partial charge >= 0.3 is 6.03 Å². The first-order chi connectivity index (χ1) is 11.1. The predicted octanol–water partition coefficient (Wildman–Crippen LogP) is 2.21. The van der Waals surface area contributed by atoms with Gasteiger partial charge in [0.25, 0.3) is 5.91 Å². The van der Waals surface area contributed by atoms with Crippen LogP contribution in [-0.2, 0) is 0 Å². The van der Waals surface area contributed by atoms with Gasteiger partial charge in [0.15, 0.2) is 0 Å². The molecule has 0 spiro atoms. The topological polar surface area (TPSA) is 80.1 Å². The zero-order valence-corrected chi connectivity index (χ0v) is 13.2. The number of hydrogen-bond donors (Lipinski definition) is 1. The van der Waals surface area contributed by atoms with Crippen molar-refractivity contribution < 1.29 is 9.59 Å². The summed E-state index contributed by atoms with van der Waals surface area (Å²) in [6, 6.07) is 3.07. The lowest BCUT2D eigenvalue weighted by atomic mass is 10.4. The minimum Gasteiger partial charge on any atom is -0.336 e. The predicted molar refractivity (Wildman–Crippen MR) is 85.5 cm³/mol. The highest BCUT2D eigenvalue weighted by Gasteiger charge is 2.28. The molecule has 1 fully saturated rings. The molecule has 0 radical (unpaired) electrons. The summed E-state index contributed by atoms with van der Waals surface area (Å²) in [5.41, 5.74) is 1.91. The molecule has 3 heterocycles. The van der Waals surface area contributed by atoms with Gasteiger partial charge in [-0.3, -0.25) is 9.78 Å². The number of hydrogen-bond acceptors (Lipinski definition) is 4. The second kappa shape index (κ2) is 6.20. The Morgan fingerprint density at radius 1 is 1.22 bits per heavy atom. The van der Waals surface area contributed by atoms with Crippen LogP contribution in [0.5, 0.6) is 0 Å². The van der Waals surface area contributed by atoms with Crippen molar-refractivity contribution in [3.8, 4) is 0 Å². The van der Waals surface area contributed by atoms with Gasteiger partial charge in [-0.1, -0.05) is 0 Å². The van der Waals surface area contributed by atoms with E-state index in [-0.39, 0.29) is 11.7 Å². The van der Waals surface area contributed by atoms with E-state index in [1.54, 1.807) is 43.3 Å². The average molecular weight is 313 g/mol. The number of nitrogens with one attached hydrogen (secondary N) is 1. The molecule has 0 atom stereocenters. The normalized spacial score (nSPS) is 14.1. The van der Waals surface area contributed by atoms with Crippen LogP contribution in [0.15, 0.2) is 24.5 Å². The fraction of sp³-hybridized carbons (Fsp3) is 0.375. The first kappa shape index (κ1) is 15.2. The molecule has 1 N–H and O–H groups in total. The van der Waals surface area contributed by atoms with Crippen molar-refractivity contribution in [2.24, 2.45) is 0 Å². The number of anilines is 1. The lowest BCUT2D eigenvalue weighted by Gasteiger charge is -2.16. The van der Waals surface area contributed by atoms with E-state index in [2.05, 4.69) is 15.3 Å². The van der Waals surface area contributed by atoms with Crippen LogP contribution < -0.4 is 5.32 Å². The van der Waals surface area contributed by atoms with Crippen LogP contribution in [0.4, 0.5) is 10.5 Å². The average Bonchev–Trinajstić information content (AvgIpc) is 3.17. The Kier molecular flexibility index (Phi) is 4.10. The van der Waals surface area contributed by atoms with Crippen LogP contribution in [0.25, 0.3) is 0 Å². The minimum absolute atomic E-state index is 0.170. The number of amides is 2. The smallest absolute Gasteiger partial charge is 0.332 e. The van der Waals surface area contributed by atoms with E-state index >= 15 is 0 Å². The van der Waals surface area contributed by atoms with Gasteiger partial charge in [-0.25, -0.2) is 14.3 Å². The molecule has 0 unspecified atom stereocenters. The quantitative estimate of drug-likeness (QED) is 0.922. The van der Waals surface area contributed by atoms with E-state index < -0.39 is 6.03 Å². The Balaban J connectivity index is 1.91. The maximum Gasteiger partial charge on any atom is 0.332 e. The van der Waals surface area contributed by atoms with Crippen molar-refractivity contribution in [1.82, 2.24) is 19.4 Å². The number of carbonyl (C=O) groups excluding carboxylic acids is 2. The molecular formula is C16H19N5O2. The Morgan fingerprint density at radius 2 is 1.96 bits per heavy atom. The maximum absolute atomic E-state index is 12.6. The Morgan fingerprint density at radius 3 is 2.61 bits per heavy atom. The molecule has 2 amide bonds. The second-order valence-corrected chi connectivity index (χ2v) is 5.61. The molecule has 0 aromatic carbocycles. The number of imidazole rings is 1. The van der Waals surface area contributed by atoms with Crippen molar-refractivity contribution in [2.45, 2.75) is 26.7 Å². The van der Waals surface area contributed by atoms with E-state index in [1.807, 2.05) is 0 Å². The van der Waals surface area contributed by atoms with Crippen LogP contribution in [0.1, 0.15) is 34.8 Å². The number of nitrogens with zero attached hydrogens (tertiary/aromatic N) is 4. The summed E-state index contributed by atoms with van der Waals surface area (Å²) in [5, 5.41) is 2.75. The largest absolute Gasteiger partial charge is 0.336 e. The fourth-order valence-corrected chi connectivity index (χ4v) is 2.68. The van der Waals surface area contributed by atoms with Crippen molar-refractivity contribution in [3.63, 3.8) is 0 Å². The highest BCUT2D eigenvalue weighted by molar-refractivity contribution is 5.99. The Bertz CT molecular complexity index is 732. The number of rotatable bonds is 2. The summed E-state index contributed by atoms with van der Waals surface area (Å²) in [7, 11) is 0. The van der Waals surface area contributed by atoms with Gasteiger partial charge < -0.3 is 10.2 Å². The van der Waals surface area contributed by atoms with E-state index in [1.165, 1.54) is 4.57 Å². The third kappa shape index (κ3) is 2.94. The van der Waals surface area contributed by atoms with E-state index in [0.717, 1.165) is 12.8 Å². The summed E-state index contributed by atoms with van der Waals surface area (Å²) >= 11 is 0. The van der Waals surface area contributed by atoms with Crippen molar-refractivity contribution in [1.29, 1.82) is 0 Å². The zero-order valence-electron chi connectivity index (χ0n) is 13.2. The first-order valence-electron chi connectivity index (χ1n) is 7.64. The van der Waals surface area contributed by atoms with E-state index in [4.69, 9.17) is 0 Å². The van der Waals surface area contributed by atoms with Crippen LogP contribution in [0.2, 0.25) is 0 Å². The van der Waals surface area contributed by atoms with Crippen LogP contribution in [0.3, 0.4) is 0 Å². The summed E-state index contributed by atoms with van der Waals surface area (Å²) in [6.45, 7) is 5.01. The van der Waals surface area contributed by atoms with Gasteiger partial charge in [-0.05, 0) is 38.8 Å². The molecule has 7 heteroatoms. The van der Waals surface area contributed by atoms with Crippen molar-refractivity contribution in [2.75, 3.05) is 18.4 Å². The zero-order chi connectivity index (χ0) is 16.4. The Hall–Kier alpha value is -2.70. The number of aryl methyl sites for hydroxylation is 1. The Labute approximate surface area is 134 Å². The first-order valence-corrected chi connectivity index (χ1v) is 7.64. The maximum atomic E-state index is 12.6. The van der Waals surface area contributed by atoms with Gasteiger partial charge in [0.2, 0.25) is 5.82 Å². The molecule has 120 valence electrons. The SMILES string of the molecule is Cc1nc(C(=O)N2CCCC2)n(C(=O)Nc2cccnc2)c1C. The van der Waals surface area contributed by atoms with Crippen molar-refractivity contribution >= 4 is 17.6 Å². The summed E-state index contributed by atoms with van der Waals surface area (Å²) in [4.78, 5) is 35.3. The standard InChI is InChI=1S/C16H19N5O2/c1-11-12(2)21(16(23)19-13-6-5-7-17-10-13)14(18-11)15(22)20-8-3-4-9-20/h5-7,10H,3-4,8-9H2,1-2H3,(H,19,23). The summed E-state index contributed by atoms with van der Waals surface area (Å²) < 4.78 is 1.35. The van der Waals surface area contributed by atoms with Gasteiger partial charge in [-0.2, -0.15) is 0 Å². The molecule has 0 aliphatic carbocycles. The fourth-order valence-electron chi connectivity index (χ4n) is 2.68. The molecule has 1 saturated heterocycles. The highest BCUT2D eigenvalue weighted by Crippen LogP contribution is 2.17. The number of carbonyl (C=O) groups is 2. The minimum atomic E-state index is -0.404. The van der Waals surface area contributed by atoms with Gasteiger partial charge in [0.05, 0.1) is 17.6 Å². The number of pyridine rings is 1. The third-order valence-corrected chi connectivity index (χ3v) is 4.04. The molecule has 1 aliphatic rings. The molecule has 0 saturated carbocycles. The lowest BCUT2D eigenvalue weighted by molar-refractivity contribution is 0.0777. The molecule has 0 bridgehead atoms. The van der Waals surface area contributed by atoms with Gasteiger partial charge in [-0.15, -0.1) is 0 Å². The molecule has 1 aliphatic heterocycles.